The molecule has 38 valence electrons. The SMILES string of the molecule is C1=COO[SiH2]C=C1. The minimum atomic E-state index is -0.492. The molecule has 1 aliphatic heterocycles. The standard InChI is InChI=1S/C4H6O2Si/c1-2-4-7-6-5-3-1/h1-4H,7H2. The summed E-state index contributed by atoms with van der Waals surface area (Å²) in [7, 11) is -0.492. The number of hydrogen-bond acceptors (Lipinski definition) is 2. The van der Waals surface area contributed by atoms with Gasteiger partial charge >= 0.3 is 0 Å². The molecule has 2 nitrogen and oxygen atoms in total. The molecule has 0 aliphatic carbocycles. The summed E-state index contributed by atoms with van der Waals surface area (Å²) < 4.78 is 4.66. The first kappa shape index (κ1) is 4.61. The molecule has 0 spiro atoms. The molecule has 0 aromatic carbocycles. The third-order valence-corrected chi connectivity index (χ3v) is 1.35. The minimum absolute atomic E-state index is 0.492. The van der Waals surface area contributed by atoms with Crippen LogP contribution >= 0.6 is 0 Å². The highest BCUT2D eigenvalue weighted by Gasteiger charge is 1.81. The fourth-order valence-electron chi connectivity index (χ4n) is 0.329. The molecule has 0 bridgehead atoms. The Morgan fingerprint density at radius 1 is 1.29 bits per heavy atom. The second kappa shape index (κ2) is 2.60. The third kappa shape index (κ3) is 1.56. The molecule has 0 saturated carbocycles. The average molecular weight is 114 g/mol. The van der Waals surface area contributed by atoms with E-state index in [1.807, 2.05) is 11.8 Å². The second-order valence-corrected chi connectivity index (χ2v) is 2.18. The summed E-state index contributed by atoms with van der Waals surface area (Å²) >= 11 is 0. The zero-order valence-corrected chi connectivity index (χ0v) is 5.25. The lowest BCUT2D eigenvalue weighted by Gasteiger charge is -1.90. The highest BCUT2D eigenvalue weighted by atomic mass is 28.2. The fraction of sp³-hybridized carbons (Fsp3) is 0. The van der Waals surface area contributed by atoms with E-state index in [2.05, 4.69) is 9.46 Å². The fourth-order valence-corrected chi connectivity index (χ4v) is 0.833. The van der Waals surface area contributed by atoms with E-state index in [9.17, 15) is 0 Å². The molecule has 0 aromatic heterocycles. The smallest absolute Gasteiger partial charge is 0.248 e. The molecule has 1 heterocycles. The van der Waals surface area contributed by atoms with Gasteiger partial charge in [0.05, 0.1) is 0 Å². The Kier molecular flexibility index (Phi) is 1.71. The summed E-state index contributed by atoms with van der Waals surface area (Å²) in [4.78, 5) is 4.51. The minimum Gasteiger partial charge on any atom is -0.358 e. The van der Waals surface area contributed by atoms with E-state index in [0.29, 0.717) is 0 Å². The first-order valence-electron chi connectivity index (χ1n) is 2.10. The first-order valence-corrected chi connectivity index (χ1v) is 3.49. The van der Waals surface area contributed by atoms with Gasteiger partial charge in [-0.15, -0.1) is 0 Å². The second-order valence-electron chi connectivity index (χ2n) is 1.14. The van der Waals surface area contributed by atoms with Crippen LogP contribution < -0.4 is 0 Å². The highest BCUT2D eigenvalue weighted by Crippen LogP contribution is 1.86. The lowest BCUT2D eigenvalue weighted by atomic mass is 10.6. The van der Waals surface area contributed by atoms with Crippen LogP contribution in [0.15, 0.2) is 24.1 Å². The van der Waals surface area contributed by atoms with Crippen molar-refractivity contribution in [3.05, 3.63) is 24.1 Å². The first-order chi connectivity index (χ1) is 3.50. The summed E-state index contributed by atoms with van der Waals surface area (Å²) in [5, 5.41) is 0. The highest BCUT2D eigenvalue weighted by molar-refractivity contribution is 6.34. The van der Waals surface area contributed by atoms with Crippen molar-refractivity contribution in [2.45, 2.75) is 0 Å². The lowest BCUT2D eigenvalue weighted by molar-refractivity contribution is -0.147. The van der Waals surface area contributed by atoms with Gasteiger partial charge in [-0.05, 0) is 6.08 Å². The van der Waals surface area contributed by atoms with Gasteiger partial charge in [0.15, 0.2) is 0 Å². The molecule has 0 saturated heterocycles. The van der Waals surface area contributed by atoms with Crippen LogP contribution in [0.1, 0.15) is 0 Å². The van der Waals surface area contributed by atoms with Gasteiger partial charge in [0.2, 0.25) is 9.76 Å². The van der Waals surface area contributed by atoms with Crippen LogP contribution in [-0.4, -0.2) is 9.76 Å². The number of hydrogen-bond donors (Lipinski definition) is 0. The van der Waals surface area contributed by atoms with Crippen molar-refractivity contribution in [1.82, 2.24) is 0 Å². The van der Waals surface area contributed by atoms with Gasteiger partial charge in [0.1, 0.15) is 6.26 Å². The van der Waals surface area contributed by atoms with E-state index in [-0.39, 0.29) is 0 Å². The maximum Gasteiger partial charge on any atom is 0.248 e. The normalized spacial score (nSPS) is 21.7. The molecule has 0 radical (unpaired) electrons. The van der Waals surface area contributed by atoms with Crippen LogP contribution in [0.25, 0.3) is 0 Å². The average Bonchev–Trinajstić information content (AvgIpc) is 1.90. The van der Waals surface area contributed by atoms with E-state index in [1.165, 1.54) is 6.26 Å². The van der Waals surface area contributed by atoms with Crippen molar-refractivity contribution in [1.29, 1.82) is 0 Å². The van der Waals surface area contributed by atoms with Gasteiger partial charge in [-0.25, -0.2) is 4.58 Å². The van der Waals surface area contributed by atoms with E-state index >= 15 is 0 Å². The summed E-state index contributed by atoms with van der Waals surface area (Å²) in [6, 6.07) is 0. The topological polar surface area (TPSA) is 18.5 Å². The summed E-state index contributed by atoms with van der Waals surface area (Å²) in [6.45, 7) is 0. The molecule has 0 N–H and O–H groups in total. The molecule has 0 fully saturated rings. The summed E-state index contributed by atoms with van der Waals surface area (Å²) in [5.74, 6) is 0. The molecule has 3 heteroatoms. The molecule has 0 amide bonds. The van der Waals surface area contributed by atoms with Crippen LogP contribution in [-0.2, 0) is 9.46 Å². The molecular formula is C4H6O2Si. The van der Waals surface area contributed by atoms with Crippen molar-refractivity contribution >= 4 is 9.76 Å². The third-order valence-electron chi connectivity index (χ3n) is 0.614. The Morgan fingerprint density at radius 2 is 2.29 bits per heavy atom. The van der Waals surface area contributed by atoms with Crippen LogP contribution in [0.5, 0.6) is 0 Å². The zero-order chi connectivity index (χ0) is 4.95. The van der Waals surface area contributed by atoms with E-state index in [1.54, 1.807) is 6.08 Å². The molecule has 1 aliphatic rings. The van der Waals surface area contributed by atoms with Crippen LogP contribution in [0.3, 0.4) is 0 Å². The summed E-state index contributed by atoms with van der Waals surface area (Å²) in [5.41, 5.74) is 2.00. The maximum absolute atomic E-state index is 4.66. The maximum atomic E-state index is 4.66. The molecule has 0 aromatic rings. The Bertz CT molecular complexity index is 85.9. The Balaban J connectivity index is 2.39. The molecule has 1 rings (SSSR count). The molecule has 0 unspecified atom stereocenters. The quantitative estimate of drug-likeness (QED) is 0.327. The lowest BCUT2D eigenvalue weighted by Crippen LogP contribution is -1.88. The van der Waals surface area contributed by atoms with Crippen LogP contribution in [0.2, 0.25) is 0 Å². The number of rotatable bonds is 0. The van der Waals surface area contributed by atoms with E-state index < -0.39 is 9.76 Å². The summed E-state index contributed by atoms with van der Waals surface area (Å²) in [6.07, 6.45) is 5.26. The van der Waals surface area contributed by atoms with Gasteiger partial charge in [-0.3, -0.25) is 0 Å². The zero-order valence-electron chi connectivity index (χ0n) is 3.83. The van der Waals surface area contributed by atoms with Gasteiger partial charge in [0, 0.05) is 0 Å². The predicted octanol–water partition coefficient (Wildman–Crippen LogP) is 0.0594. The Labute approximate surface area is 44.3 Å². The van der Waals surface area contributed by atoms with E-state index in [0.717, 1.165) is 0 Å². The van der Waals surface area contributed by atoms with Gasteiger partial charge in [0.25, 0.3) is 0 Å². The monoisotopic (exact) mass is 114 g/mol. The molecule has 7 heavy (non-hydrogen) atoms. The van der Waals surface area contributed by atoms with Crippen molar-refractivity contribution in [3.8, 4) is 0 Å². The molecule has 0 atom stereocenters. The van der Waals surface area contributed by atoms with Crippen LogP contribution in [0, 0.1) is 0 Å². The predicted molar refractivity (Wildman–Crippen MR) is 29.0 cm³/mol. The van der Waals surface area contributed by atoms with Crippen molar-refractivity contribution in [2.24, 2.45) is 0 Å². The van der Waals surface area contributed by atoms with E-state index in [4.69, 9.17) is 0 Å². The van der Waals surface area contributed by atoms with Crippen molar-refractivity contribution < 1.29 is 9.46 Å². The van der Waals surface area contributed by atoms with Crippen LogP contribution in [0.4, 0.5) is 0 Å². The van der Waals surface area contributed by atoms with Crippen molar-refractivity contribution in [2.75, 3.05) is 0 Å². The van der Waals surface area contributed by atoms with Crippen molar-refractivity contribution in [3.63, 3.8) is 0 Å². The molecular weight excluding hydrogens is 108 g/mol. The Hall–Kier alpha value is -0.543. The van der Waals surface area contributed by atoms with Gasteiger partial charge in [-0.2, -0.15) is 0 Å². The Morgan fingerprint density at radius 3 is 3.29 bits per heavy atom. The van der Waals surface area contributed by atoms with Gasteiger partial charge in [-0.1, -0.05) is 11.8 Å². The van der Waals surface area contributed by atoms with Gasteiger partial charge < -0.3 is 4.89 Å². The number of allylic oxidation sites excluding steroid dienone is 2. The largest absolute Gasteiger partial charge is 0.358 e.